The summed E-state index contributed by atoms with van der Waals surface area (Å²) in [4.78, 5) is 13.1. The van der Waals surface area contributed by atoms with Crippen molar-refractivity contribution >= 4 is 22.4 Å². The van der Waals surface area contributed by atoms with E-state index in [0.29, 0.717) is 16.7 Å². The fourth-order valence-corrected chi connectivity index (χ4v) is 3.65. The molecule has 0 aliphatic carbocycles. The third kappa shape index (κ3) is 3.94. The van der Waals surface area contributed by atoms with Crippen LogP contribution in [0.3, 0.4) is 0 Å². The zero-order valence-corrected chi connectivity index (χ0v) is 16.6. The summed E-state index contributed by atoms with van der Waals surface area (Å²) in [7, 11) is 0. The molecule has 30 heavy (non-hydrogen) atoms. The lowest BCUT2D eigenvalue weighted by Crippen LogP contribution is -2.14. The van der Waals surface area contributed by atoms with Crippen LogP contribution >= 0.6 is 0 Å². The molecule has 0 atom stereocenters. The summed E-state index contributed by atoms with van der Waals surface area (Å²) in [5.74, 6) is -1.29. The van der Waals surface area contributed by atoms with Gasteiger partial charge in [0.05, 0.1) is 5.69 Å². The molecular formula is C26H21F2NO. The lowest BCUT2D eigenvalue weighted by Gasteiger charge is -2.13. The standard InChI is InChI=1S/C26H21F2NO/c1-2-7-17-12-13-24(28)25(14-17)29-26(30)22-16-19(21-10-5-6-11-23(21)27)15-18-8-3-4-9-20(18)22/h3-6,8-16H,2,7H2,1H3,(H,29,30). The molecule has 2 nitrogen and oxygen atoms in total. The molecule has 0 saturated heterocycles. The first kappa shape index (κ1) is 19.8. The SMILES string of the molecule is CCCc1ccc(F)c(NC(=O)c2cc(-c3ccccc3F)cc3ccccc23)c1. The van der Waals surface area contributed by atoms with Crippen molar-refractivity contribution in [1.29, 1.82) is 0 Å². The van der Waals surface area contributed by atoms with Crippen molar-refractivity contribution in [1.82, 2.24) is 0 Å². The van der Waals surface area contributed by atoms with Gasteiger partial charge in [-0.05, 0) is 58.7 Å². The Morgan fingerprint density at radius 3 is 2.43 bits per heavy atom. The Morgan fingerprint density at radius 2 is 1.63 bits per heavy atom. The number of rotatable bonds is 5. The molecule has 4 rings (SSSR count). The fraction of sp³-hybridized carbons (Fsp3) is 0.115. The van der Waals surface area contributed by atoms with Gasteiger partial charge in [0.15, 0.2) is 0 Å². The van der Waals surface area contributed by atoms with Crippen LogP contribution in [-0.2, 0) is 6.42 Å². The minimum atomic E-state index is -0.488. The van der Waals surface area contributed by atoms with E-state index in [1.165, 1.54) is 12.1 Å². The molecule has 0 aromatic heterocycles. The molecule has 0 radical (unpaired) electrons. The Kier molecular flexibility index (Phi) is 5.57. The second kappa shape index (κ2) is 8.46. The molecule has 0 spiro atoms. The van der Waals surface area contributed by atoms with Crippen LogP contribution < -0.4 is 5.32 Å². The Labute approximate surface area is 174 Å². The molecule has 0 aliphatic rings. The van der Waals surface area contributed by atoms with Crippen molar-refractivity contribution in [2.75, 3.05) is 5.32 Å². The van der Waals surface area contributed by atoms with Gasteiger partial charge in [0.2, 0.25) is 0 Å². The summed E-state index contributed by atoms with van der Waals surface area (Å²) in [6.07, 6.45) is 1.73. The Morgan fingerprint density at radius 1 is 0.867 bits per heavy atom. The Hall–Kier alpha value is -3.53. The Balaban J connectivity index is 1.79. The van der Waals surface area contributed by atoms with Crippen molar-refractivity contribution in [3.63, 3.8) is 0 Å². The van der Waals surface area contributed by atoms with Crippen molar-refractivity contribution < 1.29 is 13.6 Å². The molecule has 4 heteroatoms. The third-order valence-electron chi connectivity index (χ3n) is 5.11. The van der Waals surface area contributed by atoms with Gasteiger partial charge in [0.1, 0.15) is 11.6 Å². The highest BCUT2D eigenvalue weighted by Crippen LogP contribution is 2.30. The van der Waals surface area contributed by atoms with Crippen LogP contribution in [0.25, 0.3) is 21.9 Å². The molecular weight excluding hydrogens is 380 g/mol. The first-order valence-corrected chi connectivity index (χ1v) is 9.94. The van der Waals surface area contributed by atoms with Gasteiger partial charge in [-0.2, -0.15) is 0 Å². The number of anilines is 1. The van der Waals surface area contributed by atoms with E-state index in [1.54, 1.807) is 36.4 Å². The van der Waals surface area contributed by atoms with Gasteiger partial charge in [-0.15, -0.1) is 0 Å². The highest BCUT2D eigenvalue weighted by Gasteiger charge is 2.16. The number of hydrogen-bond donors (Lipinski definition) is 1. The summed E-state index contributed by atoms with van der Waals surface area (Å²) in [6, 6.07) is 22.1. The first-order valence-electron chi connectivity index (χ1n) is 9.94. The van der Waals surface area contributed by atoms with E-state index in [0.717, 1.165) is 29.2 Å². The maximum Gasteiger partial charge on any atom is 0.256 e. The smallest absolute Gasteiger partial charge is 0.256 e. The number of carbonyl (C=O) groups is 1. The fourth-order valence-electron chi connectivity index (χ4n) is 3.65. The number of benzene rings is 4. The van der Waals surface area contributed by atoms with E-state index in [-0.39, 0.29) is 11.5 Å². The summed E-state index contributed by atoms with van der Waals surface area (Å²) in [6.45, 7) is 2.04. The topological polar surface area (TPSA) is 29.1 Å². The molecule has 0 saturated carbocycles. The van der Waals surface area contributed by atoms with E-state index < -0.39 is 11.7 Å². The van der Waals surface area contributed by atoms with Gasteiger partial charge in [-0.3, -0.25) is 4.79 Å². The number of nitrogens with one attached hydrogen (secondary N) is 1. The van der Waals surface area contributed by atoms with Crippen LogP contribution in [-0.4, -0.2) is 5.91 Å². The van der Waals surface area contributed by atoms with E-state index >= 15 is 0 Å². The van der Waals surface area contributed by atoms with Crippen LogP contribution in [0, 0.1) is 11.6 Å². The van der Waals surface area contributed by atoms with Crippen molar-refractivity contribution in [2.24, 2.45) is 0 Å². The molecule has 0 heterocycles. The molecule has 0 aliphatic heterocycles. The van der Waals surface area contributed by atoms with Crippen molar-refractivity contribution in [3.05, 3.63) is 102 Å². The molecule has 0 fully saturated rings. The van der Waals surface area contributed by atoms with E-state index in [2.05, 4.69) is 5.32 Å². The average Bonchev–Trinajstić information content (AvgIpc) is 2.76. The van der Waals surface area contributed by atoms with Crippen LogP contribution in [0.4, 0.5) is 14.5 Å². The van der Waals surface area contributed by atoms with Crippen LogP contribution in [0.1, 0.15) is 29.3 Å². The second-order valence-corrected chi connectivity index (χ2v) is 7.24. The molecule has 0 bridgehead atoms. The molecule has 1 amide bonds. The lowest BCUT2D eigenvalue weighted by atomic mass is 9.96. The van der Waals surface area contributed by atoms with Crippen LogP contribution in [0.15, 0.2) is 78.9 Å². The predicted molar refractivity (Wildman–Crippen MR) is 118 cm³/mol. The number of halogens is 2. The second-order valence-electron chi connectivity index (χ2n) is 7.24. The number of hydrogen-bond acceptors (Lipinski definition) is 1. The molecule has 1 N–H and O–H groups in total. The maximum absolute atomic E-state index is 14.4. The van der Waals surface area contributed by atoms with Gasteiger partial charge in [-0.1, -0.05) is 61.9 Å². The zero-order chi connectivity index (χ0) is 21.1. The van der Waals surface area contributed by atoms with Gasteiger partial charge in [0.25, 0.3) is 5.91 Å². The summed E-state index contributed by atoms with van der Waals surface area (Å²) in [5, 5.41) is 4.23. The quantitative estimate of drug-likeness (QED) is 0.384. The normalized spacial score (nSPS) is 10.9. The summed E-state index contributed by atoms with van der Waals surface area (Å²) >= 11 is 0. The molecule has 150 valence electrons. The monoisotopic (exact) mass is 401 g/mol. The number of fused-ring (bicyclic) bond motifs is 1. The van der Waals surface area contributed by atoms with E-state index in [1.807, 2.05) is 37.3 Å². The number of amides is 1. The maximum atomic E-state index is 14.4. The third-order valence-corrected chi connectivity index (χ3v) is 5.11. The first-order chi connectivity index (χ1) is 14.6. The highest BCUT2D eigenvalue weighted by atomic mass is 19.1. The average molecular weight is 401 g/mol. The van der Waals surface area contributed by atoms with Crippen LogP contribution in [0.5, 0.6) is 0 Å². The summed E-state index contributed by atoms with van der Waals surface area (Å²) in [5.41, 5.74) is 2.47. The van der Waals surface area contributed by atoms with Crippen molar-refractivity contribution in [3.8, 4) is 11.1 Å². The van der Waals surface area contributed by atoms with Gasteiger partial charge in [-0.25, -0.2) is 8.78 Å². The van der Waals surface area contributed by atoms with Gasteiger partial charge < -0.3 is 5.32 Å². The van der Waals surface area contributed by atoms with E-state index in [4.69, 9.17) is 0 Å². The van der Waals surface area contributed by atoms with E-state index in [9.17, 15) is 13.6 Å². The number of aryl methyl sites for hydroxylation is 1. The van der Waals surface area contributed by atoms with Gasteiger partial charge >= 0.3 is 0 Å². The van der Waals surface area contributed by atoms with Crippen molar-refractivity contribution in [2.45, 2.75) is 19.8 Å². The molecule has 4 aromatic carbocycles. The van der Waals surface area contributed by atoms with Gasteiger partial charge in [0, 0.05) is 11.1 Å². The lowest BCUT2D eigenvalue weighted by molar-refractivity contribution is 0.102. The number of carbonyl (C=O) groups excluding carboxylic acids is 1. The largest absolute Gasteiger partial charge is 0.319 e. The molecule has 4 aromatic rings. The van der Waals surface area contributed by atoms with Crippen LogP contribution in [0.2, 0.25) is 0 Å². The Bertz CT molecular complexity index is 1230. The zero-order valence-electron chi connectivity index (χ0n) is 16.6. The predicted octanol–water partition coefficient (Wildman–Crippen LogP) is 6.99. The minimum absolute atomic E-state index is 0.145. The minimum Gasteiger partial charge on any atom is -0.319 e. The summed E-state index contributed by atoms with van der Waals surface area (Å²) < 4.78 is 28.7. The molecule has 0 unspecified atom stereocenters. The highest BCUT2D eigenvalue weighted by molar-refractivity contribution is 6.14.